The van der Waals surface area contributed by atoms with Gasteiger partial charge in [0.2, 0.25) is 28.8 Å². The molecule has 1 aliphatic carbocycles. The Kier molecular flexibility index (Phi) is 9.96. The van der Waals surface area contributed by atoms with Crippen LogP contribution in [0.4, 0.5) is 0 Å². The van der Waals surface area contributed by atoms with Crippen LogP contribution in [0.25, 0.3) is 0 Å². The van der Waals surface area contributed by atoms with Crippen LogP contribution in [0.5, 0.6) is 0 Å². The first-order valence-corrected chi connectivity index (χ1v) is 10.6. The number of hydrogen-bond acceptors (Lipinski definition) is 6. The van der Waals surface area contributed by atoms with Crippen molar-refractivity contribution in [3.05, 3.63) is 44.6 Å². The second-order valence-corrected chi connectivity index (χ2v) is 8.40. The highest BCUT2D eigenvalue weighted by molar-refractivity contribution is 6.23. The number of allylic oxidation sites excluding steroid dienone is 4. The fraction of sp³-hybridized carbons (Fsp3) is 0.652. The van der Waals surface area contributed by atoms with Gasteiger partial charge in [0.15, 0.2) is 0 Å². The maximum absolute atomic E-state index is 12.8. The first-order valence-electron chi connectivity index (χ1n) is 10.6. The molecule has 0 fully saturated rings. The monoisotopic (exact) mass is 421 g/mol. The van der Waals surface area contributed by atoms with Gasteiger partial charge in [0, 0.05) is 17.6 Å². The van der Waals surface area contributed by atoms with Crippen molar-refractivity contribution >= 4 is 11.6 Å². The van der Waals surface area contributed by atoms with Gasteiger partial charge in [0.1, 0.15) is 0 Å². The van der Waals surface area contributed by atoms with Crippen molar-refractivity contribution in [3.63, 3.8) is 0 Å². The Bertz CT molecular complexity index is 758. The molecule has 0 N–H and O–H groups in total. The van der Waals surface area contributed by atoms with Crippen molar-refractivity contribution < 1.29 is 24.0 Å². The quantitative estimate of drug-likeness (QED) is 0.174. The van der Waals surface area contributed by atoms with E-state index in [2.05, 4.69) is 6.92 Å². The first kappa shape index (κ1) is 25.6. The molecule has 168 valence electrons. The number of carbonyl (C=O) groups excluding carboxylic acids is 2. The van der Waals surface area contributed by atoms with Crippen LogP contribution in [0.3, 0.4) is 0 Å². The molecular formula is C23H35NO6. The lowest BCUT2D eigenvalue weighted by molar-refractivity contribution is -0.428. The van der Waals surface area contributed by atoms with Crippen molar-refractivity contribution in [1.29, 1.82) is 0 Å². The molecular weight excluding hydrogens is 386 g/mol. The van der Waals surface area contributed by atoms with Gasteiger partial charge in [-0.1, -0.05) is 52.9 Å². The number of rotatable bonds is 13. The lowest BCUT2D eigenvalue weighted by atomic mass is 9.79. The smallest absolute Gasteiger partial charge is 0.242 e. The molecule has 1 aliphatic rings. The third kappa shape index (κ3) is 6.82. The third-order valence-corrected chi connectivity index (χ3v) is 5.31. The van der Waals surface area contributed by atoms with E-state index >= 15 is 0 Å². The van der Waals surface area contributed by atoms with E-state index in [-0.39, 0.29) is 34.1 Å². The molecule has 0 heterocycles. The van der Waals surface area contributed by atoms with Crippen molar-refractivity contribution in [3.8, 4) is 0 Å². The van der Waals surface area contributed by atoms with Crippen molar-refractivity contribution in [2.24, 2.45) is 5.41 Å². The Morgan fingerprint density at radius 3 is 2.07 bits per heavy atom. The summed E-state index contributed by atoms with van der Waals surface area (Å²) in [5.74, 6) is -1.03. The summed E-state index contributed by atoms with van der Waals surface area (Å²) >= 11 is 0. The van der Waals surface area contributed by atoms with Gasteiger partial charge in [-0.25, -0.2) is 0 Å². The summed E-state index contributed by atoms with van der Waals surface area (Å²) in [6.45, 7) is 7.39. The van der Waals surface area contributed by atoms with Gasteiger partial charge in [-0.05, 0) is 31.3 Å². The zero-order valence-electron chi connectivity index (χ0n) is 19.1. The van der Waals surface area contributed by atoms with E-state index in [9.17, 15) is 19.7 Å². The van der Waals surface area contributed by atoms with Crippen LogP contribution in [-0.4, -0.2) is 30.7 Å². The molecule has 0 atom stereocenters. The van der Waals surface area contributed by atoms with Gasteiger partial charge in [0.25, 0.3) is 0 Å². The fourth-order valence-electron chi connectivity index (χ4n) is 3.66. The number of nitrogens with zero attached hydrogens (tertiary/aromatic N) is 1. The van der Waals surface area contributed by atoms with Gasteiger partial charge in [-0.3, -0.25) is 19.7 Å². The van der Waals surface area contributed by atoms with E-state index in [1.54, 1.807) is 13.0 Å². The Morgan fingerprint density at radius 1 is 1.00 bits per heavy atom. The molecule has 7 heteroatoms. The fourth-order valence-corrected chi connectivity index (χ4v) is 3.66. The van der Waals surface area contributed by atoms with Crippen LogP contribution >= 0.6 is 0 Å². The van der Waals surface area contributed by atoms with E-state index in [0.717, 1.165) is 32.1 Å². The Balaban J connectivity index is 2.98. The molecule has 0 saturated heterocycles. The summed E-state index contributed by atoms with van der Waals surface area (Å²) in [5, 5.41) is 11.6. The number of methoxy groups -OCH3 is 2. The predicted octanol–water partition coefficient (Wildman–Crippen LogP) is 5.29. The predicted molar refractivity (Wildman–Crippen MR) is 115 cm³/mol. The van der Waals surface area contributed by atoms with Gasteiger partial charge in [0.05, 0.1) is 19.1 Å². The summed E-state index contributed by atoms with van der Waals surface area (Å²) in [6, 6.07) is 0. The summed E-state index contributed by atoms with van der Waals surface area (Å²) in [5.41, 5.74) is 0.0721. The summed E-state index contributed by atoms with van der Waals surface area (Å²) in [4.78, 5) is 36.6. The molecule has 0 unspecified atom stereocenters. The average molecular weight is 422 g/mol. The Labute approximate surface area is 179 Å². The van der Waals surface area contributed by atoms with E-state index < -0.39 is 17.0 Å². The maximum atomic E-state index is 12.8. The maximum Gasteiger partial charge on any atom is 0.242 e. The number of ether oxygens (including phenoxy) is 2. The molecule has 7 nitrogen and oxygen atoms in total. The molecule has 0 amide bonds. The van der Waals surface area contributed by atoms with Crippen LogP contribution in [0.1, 0.15) is 79.1 Å². The number of ketones is 2. The van der Waals surface area contributed by atoms with Crippen LogP contribution in [0.2, 0.25) is 0 Å². The average Bonchev–Trinajstić information content (AvgIpc) is 2.69. The molecule has 0 aromatic heterocycles. The normalized spacial score (nSPS) is 15.7. The number of carbonyl (C=O) groups is 2. The largest absolute Gasteiger partial charge is 0.489 e. The zero-order chi connectivity index (χ0) is 22.9. The minimum absolute atomic E-state index is 0.105. The molecule has 0 saturated carbocycles. The van der Waals surface area contributed by atoms with Gasteiger partial charge in [-0.2, -0.15) is 0 Å². The topological polar surface area (TPSA) is 95.7 Å². The molecule has 0 aromatic carbocycles. The van der Waals surface area contributed by atoms with Crippen LogP contribution < -0.4 is 0 Å². The lowest BCUT2D eigenvalue weighted by Gasteiger charge is -2.26. The Morgan fingerprint density at radius 2 is 1.53 bits per heavy atom. The van der Waals surface area contributed by atoms with Crippen molar-refractivity contribution in [2.75, 3.05) is 14.2 Å². The highest BCUT2D eigenvalue weighted by Gasteiger charge is 2.37. The van der Waals surface area contributed by atoms with E-state index in [1.165, 1.54) is 20.6 Å². The van der Waals surface area contributed by atoms with E-state index in [4.69, 9.17) is 9.47 Å². The number of nitro groups is 1. The molecule has 30 heavy (non-hydrogen) atoms. The second-order valence-electron chi connectivity index (χ2n) is 8.40. The van der Waals surface area contributed by atoms with Gasteiger partial charge >= 0.3 is 0 Å². The highest BCUT2D eigenvalue weighted by Crippen LogP contribution is 2.36. The van der Waals surface area contributed by atoms with E-state index in [0.29, 0.717) is 12.0 Å². The van der Waals surface area contributed by atoms with Crippen molar-refractivity contribution in [2.45, 2.75) is 79.1 Å². The Hall–Kier alpha value is -2.44. The van der Waals surface area contributed by atoms with E-state index in [1.807, 2.05) is 13.8 Å². The number of Topliss-reactive ketones (excluding diaryl/α,β-unsaturated/α-hetero) is 2. The molecule has 0 radical (unpaired) electrons. The standard InChI is InChI=1S/C23H35NO6/c1-7-8-9-10-11-12-13-17(24(27)28)14-23(3,4)15-18-16(2)19(25)21(29-5)22(30-6)20(18)26/h14H,7-13,15H2,1-6H3/b17-14+. The van der Waals surface area contributed by atoms with Crippen molar-refractivity contribution in [1.82, 2.24) is 0 Å². The van der Waals surface area contributed by atoms with Crippen LogP contribution in [0, 0.1) is 15.5 Å². The molecule has 0 bridgehead atoms. The highest BCUT2D eigenvalue weighted by atomic mass is 16.6. The SMILES string of the molecule is CCCCCCCC/C(=C\C(C)(C)CC1=C(C)C(=O)C(OC)=C(OC)C1=O)[N+](=O)[O-]. The summed E-state index contributed by atoms with van der Waals surface area (Å²) in [6.07, 6.45) is 8.53. The molecule has 0 aliphatic heterocycles. The van der Waals surface area contributed by atoms with Crippen LogP contribution in [-0.2, 0) is 19.1 Å². The van der Waals surface area contributed by atoms with Gasteiger partial charge in [-0.15, -0.1) is 0 Å². The lowest BCUT2D eigenvalue weighted by Crippen LogP contribution is -2.27. The minimum Gasteiger partial charge on any atom is -0.489 e. The summed E-state index contributed by atoms with van der Waals surface area (Å²) in [7, 11) is 2.63. The molecule has 0 spiro atoms. The molecule has 0 aromatic rings. The second kappa shape index (κ2) is 11.7. The molecule has 1 rings (SSSR count). The number of hydrogen-bond donors (Lipinski definition) is 0. The number of unbranched alkanes of at least 4 members (excludes halogenated alkanes) is 5. The minimum atomic E-state index is -0.680. The summed E-state index contributed by atoms with van der Waals surface area (Å²) < 4.78 is 10.2. The first-order chi connectivity index (χ1) is 14.1. The van der Waals surface area contributed by atoms with Gasteiger partial charge < -0.3 is 9.47 Å². The van der Waals surface area contributed by atoms with Crippen LogP contribution in [0.15, 0.2) is 34.4 Å². The third-order valence-electron chi connectivity index (χ3n) is 5.31. The zero-order valence-corrected chi connectivity index (χ0v) is 19.1.